The molecule has 3 unspecified atom stereocenters. The van der Waals surface area contributed by atoms with Crippen molar-refractivity contribution in [3.8, 4) is 0 Å². The van der Waals surface area contributed by atoms with Crippen LogP contribution in [-0.4, -0.2) is 46.9 Å². The minimum Gasteiger partial charge on any atom is -0.462 e. The van der Waals surface area contributed by atoms with Gasteiger partial charge in [0.15, 0.2) is 0 Å². The number of rotatable bonds is 51. The first kappa shape index (κ1) is 65.0. The van der Waals surface area contributed by atoms with Gasteiger partial charge in [-0.15, -0.1) is 0 Å². The molecule has 0 aliphatic rings. The Hall–Kier alpha value is -2.96. The monoisotopic (exact) mass is 948 g/mol. The fourth-order valence-electron chi connectivity index (χ4n) is 8.39. The Kier molecular flexibility index (Phi) is 52.6. The van der Waals surface area contributed by atoms with Crippen LogP contribution in [0.3, 0.4) is 0 Å². The van der Waals surface area contributed by atoms with Gasteiger partial charge < -0.3 is 20.3 Å². The molecule has 0 fully saturated rings. The van der Waals surface area contributed by atoms with E-state index in [9.17, 15) is 19.8 Å². The van der Waals surface area contributed by atoms with Crippen LogP contribution in [0.2, 0.25) is 0 Å². The maximum atomic E-state index is 13.3. The van der Waals surface area contributed by atoms with Crippen LogP contribution in [0.15, 0.2) is 85.1 Å². The van der Waals surface area contributed by atoms with E-state index in [-0.39, 0.29) is 31.3 Å². The molecule has 3 N–H and O–H groups in total. The van der Waals surface area contributed by atoms with Crippen LogP contribution in [0.5, 0.6) is 0 Å². The van der Waals surface area contributed by atoms with Crippen LogP contribution < -0.4 is 5.32 Å². The van der Waals surface area contributed by atoms with E-state index in [1.165, 1.54) is 128 Å². The molecule has 0 heterocycles. The second-order valence-electron chi connectivity index (χ2n) is 19.3. The summed E-state index contributed by atoms with van der Waals surface area (Å²) in [5.41, 5.74) is 0. The number of hydrogen-bond acceptors (Lipinski definition) is 5. The number of allylic oxidation sites excluding steroid dienone is 14. The first-order valence-corrected chi connectivity index (χ1v) is 28.8. The van der Waals surface area contributed by atoms with Crippen molar-refractivity contribution in [2.24, 2.45) is 0 Å². The van der Waals surface area contributed by atoms with Crippen molar-refractivity contribution in [3.05, 3.63) is 85.1 Å². The van der Waals surface area contributed by atoms with Crippen molar-refractivity contribution in [1.82, 2.24) is 5.32 Å². The SMILES string of the molecule is CC/C=C\C/C=C\C/C=C\C/C=C\C/C=C\C/C=C\CCC(=O)OC(CCCCC/C=C/CCCCCCCCCCC)CC(=O)NC(CO)C(O)CCCCCCCCCCCCCCCC. The predicted octanol–water partition coefficient (Wildman–Crippen LogP) is 17.9. The molecule has 0 aromatic heterocycles. The Bertz CT molecular complexity index is 1290. The van der Waals surface area contributed by atoms with Crippen molar-refractivity contribution in [1.29, 1.82) is 0 Å². The lowest BCUT2D eigenvalue weighted by Crippen LogP contribution is -2.46. The lowest BCUT2D eigenvalue weighted by molar-refractivity contribution is -0.150. The lowest BCUT2D eigenvalue weighted by atomic mass is 10.0. The number of amides is 1. The van der Waals surface area contributed by atoms with Gasteiger partial charge in [-0.25, -0.2) is 0 Å². The van der Waals surface area contributed by atoms with Gasteiger partial charge in [-0.2, -0.15) is 0 Å². The molecule has 68 heavy (non-hydrogen) atoms. The Labute approximate surface area is 421 Å². The second-order valence-corrected chi connectivity index (χ2v) is 19.3. The van der Waals surface area contributed by atoms with Gasteiger partial charge in [0.2, 0.25) is 5.91 Å². The molecule has 0 aromatic carbocycles. The van der Waals surface area contributed by atoms with Gasteiger partial charge >= 0.3 is 5.97 Å². The Balaban J connectivity index is 4.71. The molecule has 3 atom stereocenters. The maximum Gasteiger partial charge on any atom is 0.306 e. The molecule has 392 valence electrons. The quantitative estimate of drug-likeness (QED) is 0.0321. The Morgan fingerprint density at radius 3 is 1.22 bits per heavy atom. The van der Waals surface area contributed by atoms with Gasteiger partial charge in [0.05, 0.1) is 25.2 Å². The smallest absolute Gasteiger partial charge is 0.306 e. The molecule has 0 saturated heterocycles. The third kappa shape index (κ3) is 49.5. The molecule has 0 aliphatic carbocycles. The van der Waals surface area contributed by atoms with E-state index in [1.807, 2.05) is 6.08 Å². The summed E-state index contributed by atoms with van der Waals surface area (Å²) in [6.45, 7) is 6.37. The van der Waals surface area contributed by atoms with Crippen LogP contribution in [0, 0.1) is 0 Å². The van der Waals surface area contributed by atoms with Crippen molar-refractivity contribution < 1.29 is 24.5 Å². The highest BCUT2D eigenvalue weighted by atomic mass is 16.5. The van der Waals surface area contributed by atoms with Crippen molar-refractivity contribution in [3.63, 3.8) is 0 Å². The largest absolute Gasteiger partial charge is 0.462 e. The summed E-state index contributed by atoms with van der Waals surface area (Å²) in [7, 11) is 0. The summed E-state index contributed by atoms with van der Waals surface area (Å²) in [6.07, 6.45) is 72.3. The topological polar surface area (TPSA) is 95.9 Å². The first-order valence-electron chi connectivity index (χ1n) is 28.8. The van der Waals surface area contributed by atoms with Gasteiger partial charge in [-0.1, -0.05) is 254 Å². The summed E-state index contributed by atoms with van der Waals surface area (Å²) in [5, 5.41) is 23.9. The average Bonchev–Trinajstić information content (AvgIpc) is 3.33. The average molecular weight is 949 g/mol. The lowest BCUT2D eigenvalue weighted by Gasteiger charge is -2.24. The van der Waals surface area contributed by atoms with Gasteiger partial charge in [-0.3, -0.25) is 9.59 Å². The van der Waals surface area contributed by atoms with E-state index >= 15 is 0 Å². The van der Waals surface area contributed by atoms with E-state index < -0.39 is 18.2 Å². The molecule has 6 heteroatoms. The molecule has 0 radical (unpaired) electrons. The fraction of sp³-hybridized carbons (Fsp3) is 0.742. The molecule has 0 rings (SSSR count). The molecule has 6 nitrogen and oxygen atoms in total. The summed E-state index contributed by atoms with van der Waals surface area (Å²) in [5.74, 6) is -0.587. The number of esters is 1. The highest BCUT2D eigenvalue weighted by Crippen LogP contribution is 2.17. The summed E-state index contributed by atoms with van der Waals surface area (Å²) in [4.78, 5) is 26.2. The Morgan fingerprint density at radius 1 is 0.441 bits per heavy atom. The number of aliphatic hydroxyl groups is 2. The minimum absolute atomic E-state index is 0.0341. The van der Waals surface area contributed by atoms with E-state index in [4.69, 9.17) is 4.74 Å². The molecular weight excluding hydrogens is 839 g/mol. The maximum absolute atomic E-state index is 13.3. The number of hydrogen-bond donors (Lipinski definition) is 3. The number of aliphatic hydroxyl groups excluding tert-OH is 2. The zero-order valence-electron chi connectivity index (χ0n) is 44.7. The zero-order valence-corrected chi connectivity index (χ0v) is 44.7. The van der Waals surface area contributed by atoms with Crippen LogP contribution >= 0.6 is 0 Å². The third-order valence-electron chi connectivity index (χ3n) is 12.7. The van der Waals surface area contributed by atoms with Crippen molar-refractivity contribution >= 4 is 11.9 Å². The minimum atomic E-state index is -0.808. The summed E-state index contributed by atoms with van der Waals surface area (Å²) in [6, 6.07) is -0.726. The second kappa shape index (κ2) is 55.0. The van der Waals surface area contributed by atoms with Crippen LogP contribution in [0.25, 0.3) is 0 Å². The van der Waals surface area contributed by atoms with Crippen LogP contribution in [-0.2, 0) is 14.3 Å². The molecule has 0 spiro atoms. The van der Waals surface area contributed by atoms with Gasteiger partial charge in [0, 0.05) is 6.42 Å². The number of nitrogens with one attached hydrogen (secondary N) is 1. The normalized spacial score (nSPS) is 13.8. The fourth-order valence-corrected chi connectivity index (χ4v) is 8.39. The summed E-state index contributed by atoms with van der Waals surface area (Å²) < 4.78 is 5.91. The predicted molar refractivity (Wildman–Crippen MR) is 296 cm³/mol. The van der Waals surface area contributed by atoms with Crippen LogP contribution in [0.1, 0.15) is 271 Å². The van der Waals surface area contributed by atoms with E-state index in [0.29, 0.717) is 19.3 Å². The van der Waals surface area contributed by atoms with E-state index in [0.717, 1.165) is 89.9 Å². The summed E-state index contributed by atoms with van der Waals surface area (Å²) >= 11 is 0. The van der Waals surface area contributed by atoms with Crippen molar-refractivity contribution in [2.45, 2.75) is 289 Å². The van der Waals surface area contributed by atoms with Crippen molar-refractivity contribution in [2.75, 3.05) is 6.61 Å². The highest BCUT2D eigenvalue weighted by Gasteiger charge is 2.24. The number of unbranched alkanes of at least 4 members (excludes halogenated alkanes) is 25. The standard InChI is InChI=1S/C62H109NO5/c1-4-7-10-13-16-19-22-25-28-30-31-32-34-37-40-43-46-49-52-55-62(67)68-58(53-50-47-44-41-38-35-33-29-26-23-20-17-14-11-8-5-2)56-61(66)63-59(57-64)60(65)54-51-48-45-42-39-36-27-24-21-18-15-12-9-6-3/h7,10,16,19,25,28,31-32,35,37-38,40,46,49,58-60,64-65H,4-6,8-9,11-15,17-18,20-24,26-27,29-30,33-34,36,39,41-45,47-48,50-57H2,1-3H3,(H,63,66)/b10-7-,19-16-,28-25-,32-31-,38-35+,40-37-,49-46-. The van der Waals surface area contributed by atoms with Gasteiger partial charge in [-0.05, 0) is 89.9 Å². The molecule has 0 aromatic rings. The van der Waals surface area contributed by atoms with Gasteiger partial charge in [0.1, 0.15) is 6.10 Å². The van der Waals surface area contributed by atoms with E-state index in [2.05, 4.69) is 105 Å². The molecule has 1 amide bonds. The van der Waals surface area contributed by atoms with Crippen LogP contribution in [0.4, 0.5) is 0 Å². The molecular formula is C62H109NO5. The molecule has 0 saturated carbocycles. The van der Waals surface area contributed by atoms with Gasteiger partial charge in [0.25, 0.3) is 0 Å². The molecule has 0 bridgehead atoms. The Morgan fingerprint density at radius 2 is 0.794 bits per heavy atom. The first-order chi connectivity index (χ1) is 33.5. The van der Waals surface area contributed by atoms with E-state index in [1.54, 1.807) is 0 Å². The zero-order chi connectivity index (χ0) is 49.5. The number of carbonyl (C=O) groups excluding carboxylic acids is 2. The highest BCUT2D eigenvalue weighted by molar-refractivity contribution is 5.77. The number of ether oxygens (including phenoxy) is 1. The number of carbonyl (C=O) groups is 2. The third-order valence-corrected chi connectivity index (χ3v) is 12.7. The molecule has 0 aliphatic heterocycles.